The molecule has 15 heavy (non-hydrogen) atoms. The molecule has 0 aliphatic carbocycles. The van der Waals surface area contributed by atoms with Crippen molar-refractivity contribution in [2.24, 2.45) is 0 Å². The Morgan fingerprint density at radius 3 is 2.87 bits per heavy atom. The number of aromatic nitrogens is 3. The second-order valence-corrected chi connectivity index (χ2v) is 4.38. The third-order valence-electron chi connectivity index (χ3n) is 2.21. The van der Waals surface area contributed by atoms with Gasteiger partial charge in [0.1, 0.15) is 0 Å². The summed E-state index contributed by atoms with van der Waals surface area (Å²) in [5, 5.41) is 6.75. The van der Waals surface area contributed by atoms with Crippen LogP contribution in [0.3, 0.4) is 0 Å². The fraction of sp³-hybridized carbons (Fsp3) is 0.111. The number of hydrogen-bond acceptors (Lipinski definition) is 3. The Morgan fingerprint density at radius 2 is 2.27 bits per heavy atom. The number of H-pyrrole nitrogens is 1. The number of rotatable bonds is 1. The molecule has 0 bridgehead atoms. The second-order valence-electron chi connectivity index (χ2n) is 3.13. The summed E-state index contributed by atoms with van der Waals surface area (Å²) in [5.74, 6) is 6.39. The highest BCUT2D eigenvalue weighted by Gasteiger charge is 2.10. The van der Waals surface area contributed by atoms with E-state index in [0.717, 1.165) is 15.6 Å². The fourth-order valence-electron chi connectivity index (χ4n) is 1.34. The molecule has 0 aliphatic rings. The summed E-state index contributed by atoms with van der Waals surface area (Å²) in [6.07, 6.45) is 0. The molecule has 0 unspecified atom stereocenters. The largest absolute Gasteiger partial charge is 0.335 e. The SMILES string of the molecule is Cc1c(Br)cccc1-c1n[nH]c(=S)n1N. The number of halogens is 1. The van der Waals surface area contributed by atoms with E-state index in [-0.39, 0.29) is 0 Å². The molecule has 0 saturated carbocycles. The molecule has 3 N–H and O–H groups in total. The number of nitrogens with two attached hydrogens (primary N) is 1. The van der Waals surface area contributed by atoms with E-state index in [2.05, 4.69) is 26.1 Å². The van der Waals surface area contributed by atoms with Crippen LogP contribution in [0.1, 0.15) is 5.56 Å². The number of nitrogens with zero attached hydrogens (tertiary/aromatic N) is 2. The van der Waals surface area contributed by atoms with Crippen LogP contribution in [0.2, 0.25) is 0 Å². The molecule has 0 atom stereocenters. The molecule has 1 aromatic carbocycles. The maximum absolute atomic E-state index is 5.76. The molecule has 0 radical (unpaired) electrons. The van der Waals surface area contributed by atoms with E-state index in [1.807, 2.05) is 25.1 Å². The second kappa shape index (κ2) is 3.79. The zero-order chi connectivity index (χ0) is 11.0. The summed E-state index contributed by atoms with van der Waals surface area (Å²) >= 11 is 8.42. The van der Waals surface area contributed by atoms with Crippen molar-refractivity contribution in [3.8, 4) is 11.4 Å². The van der Waals surface area contributed by atoms with Gasteiger partial charge in [-0.2, -0.15) is 5.10 Å². The predicted molar refractivity (Wildman–Crippen MR) is 65.4 cm³/mol. The van der Waals surface area contributed by atoms with E-state index in [0.29, 0.717) is 10.6 Å². The van der Waals surface area contributed by atoms with Crippen LogP contribution in [-0.2, 0) is 0 Å². The Balaban J connectivity index is 2.69. The van der Waals surface area contributed by atoms with Crippen LogP contribution in [-0.4, -0.2) is 14.9 Å². The van der Waals surface area contributed by atoms with Gasteiger partial charge in [-0.05, 0) is 30.8 Å². The fourth-order valence-corrected chi connectivity index (χ4v) is 1.84. The standard InChI is InChI=1S/C9H9BrN4S/c1-5-6(3-2-4-7(5)10)8-12-13-9(15)14(8)11/h2-4H,11H2,1H3,(H,13,15). The summed E-state index contributed by atoms with van der Waals surface area (Å²) in [6, 6.07) is 5.86. The van der Waals surface area contributed by atoms with Gasteiger partial charge in [0.2, 0.25) is 4.77 Å². The number of nitrogens with one attached hydrogen (secondary N) is 1. The molecule has 0 saturated heterocycles. The Bertz CT molecular complexity index is 557. The van der Waals surface area contributed by atoms with Gasteiger partial charge >= 0.3 is 0 Å². The van der Waals surface area contributed by atoms with E-state index in [9.17, 15) is 0 Å². The van der Waals surface area contributed by atoms with Gasteiger partial charge in [-0.15, -0.1) is 0 Å². The minimum atomic E-state index is 0.407. The predicted octanol–water partition coefficient (Wildman–Crippen LogP) is 2.39. The van der Waals surface area contributed by atoms with Crippen LogP contribution in [0, 0.1) is 11.7 Å². The van der Waals surface area contributed by atoms with Gasteiger partial charge in [0.25, 0.3) is 0 Å². The van der Waals surface area contributed by atoms with E-state index in [4.69, 9.17) is 18.1 Å². The molecule has 2 aromatic rings. The van der Waals surface area contributed by atoms with Crippen LogP contribution in [0.5, 0.6) is 0 Å². The molecule has 1 aromatic heterocycles. The normalized spacial score (nSPS) is 10.5. The molecular weight excluding hydrogens is 276 g/mol. The minimum absolute atomic E-state index is 0.407. The smallest absolute Gasteiger partial charge is 0.214 e. The average molecular weight is 285 g/mol. The van der Waals surface area contributed by atoms with Crippen molar-refractivity contribution in [2.45, 2.75) is 6.92 Å². The molecule has 0 aliphatic heterocycles. The summed E-state index contributed by atoms with van der Waals surface area (Å²) in [5.41, 5.74) is 2.04. The van der Waals surface area contributed by atoms with E-state index in [1.54, 1.807) is 0 Å². The van der Waals surface area contributed by atoms with Crippen molar-refractivity contribution >= 4 is 28.1 Å². The number of hydrogen-bond donors (Lipinski definition) is 2. The third-order valence-corrected chi connectivity index (χ3v) is 3.36. The highest BCUT2D eigenvalue weighted by Crippen LogP contribution is 2.26. The van der Waals surface area contributed by atoms with Gasteiger partial charge in [-0.3, -0.25) is 0 Å². The van der Waals surface area contributed by atoms with Crippen LogP contribution < -0.4 is 5.84 Å². The molecule has 2 rings (SSSR count). The van der Waals surface area contributed by atoms with Crippen molar-refractivity contribution in [3.63, 3.8) is 0 Å². The maximum Gasteiger partial charge on any atom is 0.214 e. The van der Waals surface area contributed by atoms with Crippen LogP contribution in [0.4, 0.5) is 0 Å². The van der Waals surface area contributed by atoms with Gasteiger partial charge in [0, 0.05) is 10.0 Å². The van der Waals surface area contributed by atoms with Crippen molar-refractivity contribution in [1.82, 2.24) is 14.9 Å². The van der Waals surface area contributed by atoms with E-state index < -0.39 is 0 Å². The lowest BCUT2D eigenvalue weighted by Crippen LogP contribution is -2.10. The van der Waals surface area contributed by atoms with Gasteiger partial charge in [-0.1, -0.05) is 28.1 Å². The van der Waals surface area contributed by atoms with Crippen LogP contribution in [0.15, 0.2) is 22.7 Å². The molecule has 78 valence electrons. The first-order valence-electron chi connectivity index (χ1n) is 4.29. The Kier molecular flexibility index (Phi) is 2.62. The van der Waals surface area contributed by atoms with Gasteiger partial charge in [-0.25, -0.2) is 9.77 Å². The highest BCUT2D eigenvalue weighted by atomic mass is 79.9. The zero-order valence-corrected chi connectivity index (χ0v) is 10.4. The van der Waals surface area contributed by atoms with Gasteiger partial charge in [0.05, 0.1) is 0 Å². The maximum atomic E-state index is 5.76. The molecule has 0 spiro atoms. The van der Waals surface area contributed by atoms with Crippen molar-refractivity contribution in [3.05, 3.63) is 33.0 Å². The van der Waals surface area contributed by atoms with Crippen molar-refractivity contribution < 1.29 is 0 Å². The first kappa shape index (κ1) is 10.4. The van der Waals surface area contributed by atoms with Crippen molar-refractivity contribution in [1.29, 1.82) is 0 Å². The first-order chi connectivity index (χ1) is 7.11. The van der Waals surface area contributed by atoms with Crippen LogP contribution >= 0.6 is 28.1 Å². The monoisotopic (exact) mass is 284 g/mol. The Hall–Kier alpha value is -1.14. The lowest BCUT2D eigenvalue weighted by molar-refractivity contribution is 0.982. The number of benzene rings is 1. The number of nitrogen functional groups attached to an aromatic ring is 1. The Labute approximate surface area is 100 Å². The highest BCUT2D eigenvalue weighted by molar-refractivity contribution is 9.10. The molecule has 6 heteroatoms. The molecule has 0 fully saturated rings. The minimum Gasteiger partial charge on any atom is -0.335 e. The quantitative estimate of drug-likeness (QED) is 0.624. The van der Waals surface area contributed by atoms with Crippen molar-refractivity contribution in [2.75, 3.05) is 5.84 Å². The zero-order valence-electron chi connectivity index (χ0n) is 7.99. The lowest BCUT2D eigenvalue weighted by atomic mass is 10.1. The summed E-state index contributed by atoms with van der Waals surface area (Å²) in [7, 11) is 0. The average Bonchev–Trinajstić information content (AvgIpc) is 2.53. The van der Waals surface area contributed by atoms with Crippen LogP contribution in [0.25, 0.3) is 11.4 Å². The first-order valence-corrected chi connectivity index (χ1v) is 5.49. The molecular formula is C9H9BrN4S. The summed E-state index contributed by atoms with van der Waals surface area (Å²) < 4.78 is 2.79. The summed E-state index contributed by atoms with van der Waals surface area (Å²) in [6.45, 7) is 2.00. The molecule has 4 nitrogen and oxygen atoms in total. The lowest BCUT2D eigenvalue weighted by Gasteiger charge is -2.05. The number of aromatic amines is 1. The van der Waals surface area contributed by atoms with E-state index in [1.165, 1.54) is 4.68 Å². The third kappa shape index (κ3) is 1.70. The topological polar surface area (TPSA) is 59.6 Å². The summed E-state index contributed by atoms with van der Waals surface area (Å²) in [4.78, 5) is 0. The molecule has 0 amide bonds. The van der Waals surface area contributed by atoms with Gasteiger partial charge < -0.3 is 5.84 Å². The van der Waals surface area contributed by atoms with Gasteiger partial charge in [0.15, 0.2) is 5.82 Å². The Morgan fingerprint density at radius 1 is 1.53 bits per heavy atom. The van der Waals surface area contributed by atoms with E-state index >= 15 is 0 Å². The molecule has 1 heterocycles.